The molecule has 4 nitrogen and oxygen atoms in total. The normalized spacial score (nSPS) is 10.1. The number of nitrogens with zero attached hydrogens (tertiary/aromatic N) is 2. The summed E-state index contributed by atoms with van der Waals surface area (Å²) in [6, 6.07) is 8.23. The van der Waals surface area contributed by atoms with Gasteiger partial charge in [0.25, 0.3) is 0 Å². The van der Waals surface area contributed by atoms with E-state index in [9.17, 15) is 4.79 Å². The SMILES string of the molecule is O=C(O)c1ccnc(-c2ccc(Cl)cc2)n1. The molecule has 0 atom stereocenters. The van der Waals surface area contributed by atoms with E-state index in [4.69, 9.17) is 16.7 Å². The molecular weight excluding hydrogens is 228 g/mol. The van der Waals surface area contributed by atoms with E-state index < -0.39 is 5.97 Å². The molecule has 1 N–H and O–H groups in total. The number of hydrogen-bond acceptors (Lipinski definition) is 3. The van der Waals surface area contributed by atoms with Crippen LogP contribution in [0.4, 0.5) is 0 Å². The van der Waals surface area contributed by atoms with Gasteiger partial charge >= 0.3 is 5.97 Å². The second kappa shape index (κ2) is 4.28. The number of aromatic nitrogens is 2. The van der Waals surface area contributed by atoms with Crippen molar-refractivity contribution in [3.63, 3.8) is 0 Å². The molecule has 1 heterocycles. The van der Waals surface area contributed by atoms with Crippen molar-refractivity contribution >= 4 is 17.6 Å². The first-order valence-corrected chi connectivity index (χ1v) is 4.87. The third-order valence-corrected chi connectivity index (χ3v) is 2.23. The standard InChI is InChI=1S/C11H7ClN2O2/c12-8-3-1-7(2-4-8)10-13-6-5-9(14-10)11(15)16/h1-6H,(H,15,16). The average molecular weight is 235 g/mol. The molecule has 0 bridgehead atoms. The Morgan fingerprint density at radius 1 is 1.19 bits per heavy atom. The van der Waals surface area contributed by atoms with Crippen molar-refractivity contribution in [1.29, 1.82) is 0 Å². The van der Waals surface area contributed by atoms with E-state index in [1.54, 1.807) is 24.3 Å². The van der Waals surface area contributed by atoms with Crippen molar-refractivity contribution in [2.75, 3.05) is 0 Å². The van der Waals surface area contributed by atoms with Crippen LogP contribution in [0.25, 0.3) is 11.4 Å². The maximum Gasteiger partial charge on any atom is 0.354 e. The van der Waals surface area contributed by atoms with Crippen LogP contribution in [0.3, 0.4) is 0 Å². The first kappa shape index (κ1) is 10.6. The number of carbonyl (C=O) groups is 1. The van der Waals surface area contributed by atoms with Gasteiger partial charge in [0, 0.05) is 16.8 Å². The van der Waals surface area contributed by atoms with Crippen molar-refractivity contribution in [2.45, 2.75) is 0 Å². The van der Waals surface area contributed by atoms with E-state index in [-0.39, 0.29) is 5.69 Å². The van der Waals surface area contributed by atoms with E-state index in [1.807, 2.05) is 0 Å². The van der Waals surface area contributed by atoms with Crippen LogP contribution in [0, 0.1) is 0 Å². The number of hydrogen-bond donors (Lipinski definition) is 1. The van der Waals surface area contributed by atoms with Gasteiger partial charge in [-0.3, -0.25) is 0 Å². The number of rotatable bonds is 2. The summed E-state index contributed by atoms with van der Waals surface area (Å²) in [7, 11) is 0. The quantitative estimate of drug-likeness (QED) is 0.867. The molecule has 0 saturated carbocycles. The summed E-state index contributed by atoms with van der Waals surface area (Å²) in [4.78, 5) is 18.6. The minimum absolute atomic E-state index is 0.0278. The Morgan fingerprint density at radius 2 is 1.88 bits per heavy atom. The molecule has 80 valence electrons. The van der Waals surface area contributed by atoms with E-state index in [0.717, 1.165) is 5.56 Å². The van der Waals surface area contributed by atoms with Crippen LogP contribution in [0.1, 0.15) is 10.5 Å². The first-order chi connectivity index (χ1) is 7.66. The summed E-state index contributed by atoms with van der Waals surface area (Å²) in [5.74, 6) is -0.700. The highest BCUT2D eigenvalue weighted by molar-refractivity contribution is 6.30. The second-order valence-electron chi connectivity index (χ2n) is 3.08. The molecule has 0 spiro atoms. The molecule has 5 heteroatoms. The molecule has 0 aliphatic rings. The molecule has 1 aromatic heterocycles. The van der Waals surface area contributed by atoms with Crippen LogP contribution in [-0.2, 0) is 0 Å². The fraction of sp³-hybridized carbons (Fsp3) is 0. The van der Waals surface area contributed by atoms with E-state index in [1.165, 1.54) is 12.3 Å². The molecule has 2 rings (SSSR count). The van der Waals surface area contributed by atoms with Gasteiger partial charge in [-0.05, 0) is 30.3 Å². The van der Waals surface area contributed by atoms with Gasteiger partial charge < -0.3 is 5.11 Å². The van der Waals surface area contributed by atoms with Gasteiger partial charge in [0.1, 0.15) is 0 Å². The third kappa shape index (κ3) is 2.17. The Hall–Kier alpha value is -1.94. The Balaban J connectivity index is 2.44. The van der Waals surface area contributed by atoms with Crippen LogP contribution in [-0.4, -0.2) is 21.0 Å². The predicted octanol–water partition coefficient (Wildman–Crippen LogP) is 2.50. The summed E-state index contributed by atoms with van der Waals surface area (Å²) >= 11 is 5.75. The van der Waals surface area contributed by atoms with Gasteiger partial charge in [-0.15, -0.1) is 0 Å². The lowest BCUT2D eigenvalue weighted by atomic mass is 10.2. The molecule has 0 fully saturated rings. The minimum Gasteiger partial charge on any atom is -0.477 e. The lowest BCUT2D eigenvalue weighted by molar-refractivity contribution is 0.0690. The first-order valence-electron chi connectivity index (χ1n) is 4.49. The summed E-state index contributed by atoms with van der Waals surface area (Å²) in [6.45, 7) is 0. The molecule has 0 radical (unpaired) electrons. The van der Waals surface area contributed by atoms with Crippen LogP contribution in [0.5, 0.6) is 0 Å². The maximum absolute atomic E-state index is 10.7. The molecule has 0 aliphatic carbocycles. The zero-order valence-electron chi connectivity index (χ0n) is 8.09. The summed E-state index contributed by atoms with van der Waals surface area (Å²) in [6.07, 6.45) is 1.42. The second-order valence-corrected chi connectivity index (χ2v) is 3.51. The fourth-order valence-electron chi connectivity index (χ4n) is 1.22. The van der Waals surface area contributed by atoms with Crippen LogP contribution >= 0.6 is 11.6 Å². The molecule has 2 aromatic rings. The highest BCUT2D eigenvalue weighted by Gasteiger charge is 2.07. The highest BCUT2D eigenvalue weighted by atomic mass is 35.5. The molecule has 16 heavy (non-hydrogen) atoms. The van der Waals surface area contributed by atoms with Crippen LogP contribution in [0.2, 0.25) is 5.02 Å². The third-order valence-electron chi connectivity index (χ3n) is 1.98. The Bertz CT molecular complexity index is 526. The van der Waals surface area contributed by atoms with Gasteiger partial charge in [0.2, 0.25) is 0 Å². The van der Waals surface area contributed by atoms with Gasteiger partial charge in [0.05, 0.1) is 0 Å². The molecule has 0 saturated heterocycles. The summed E-state index contributed by atoms with van der Waals surface area (Å²) in [5.41, 5.74) is 0.701. The van der Waals surface area contributed by atoms with Gasteiger partial charge in [-0.1, -0.05) is 11.6 Å². The topological polar surface area (TPSA) is 63.1 Å². The van der Waals surface area contributed by atoms with Gasteiger partial charge in [0.15, 0.2) is 11.5 Å². The Morgan fingerprint density at radius 3 is 2.50 bits per heavy atom. The van der Waals surface area contributed by atoms with Crippen molar-refractivity contribution < 1.29 is 9.90 Å². The summed E-state index contributed by atoms with van der Waals surface area (Å²) < 4.78 is 0. The molecular formula is C11H7ClN2O2. The highest BCUT2D eigenvalue weighted by Crippen LogP contribution is 2.17. The Labute approximate surface area is 96.6 Å². The maximum atomic E-state index is 10.7. The largest absolute Gasteiger partial charge is 0.477 e. The molecule has 1 aromatic carbocycles. The van der Waals surface area contributed by atoms with Gasteiger partial charge in [-0.25, -0.2) is 14.8 Å². The average Bonchev–Trinajstić information content (AvgIpc) is 2.30. The van der Waals surface area contributed by atoms with Crippen molar-refractivity contribution in [3.8, 4) is 11.4 Å². The zero-order valence-corrected chi connectivity index (χ0v) is 8.85. The van der Waals surface area contributed by atoms with Crippen LogP contribution < -0.4 is 0 Å². The lowest BCUT2D eigenvalue weighted by Crippen LogP contribution is -2.02. The number of aromatic carboxylic acids is 1. The minimum atomic E-state index is -1.07. The fourth-order valence-corrected chi connectivity index (χ4v) is 1.34. The summed E-state index contributed by atoms with van der Waals surface area (Å²) in [5, 5.41) is 9.40. The van der Waals surface area contributed by atoms with E-state index in [2.05, 4.69) is 9.97 Å². The number of halogens is 1. The van der Waals surface area contributed by atoms with E-state index in [0.29, 0.717) is 10.8 Å². The molecule has 0 unspecified atom stereocenters. The zero-order chi connectivity index (χ0) is 11.5. The van der Waals surface area contributed by atoms with Gasteiger partial charge in [-0.2, -0.15) is 0 Å². The number of benzene rings is 1. The van der Waals surface area contributed by atoms with Crippen LogP contribution in [0.15, 0.2) is 36.5 Å². The number of carboxylic acid groups (broad SMARTS) is 1. The predicted molar refractivity (Wildman–Crippen MR) is 59.4 cm³/mol. The number of carboxylic acids is 1. The van der Waals surface area contributed by atoms with Crippen molar-refractivity contribution in [3.05, 3.63) is 47.2 Å². The smallest absolute Gasteiger partial charge is 0.354 e. The molecule has 0 aliphatic heterocycles. The monoisotopic (exact) mass is 234 g/mol. The van der Waals surface area contributed by atoms with Crippen molar-refractivity contribution in [1.82, 2.24) is 9.97 Å². The molecule has 0 amide bonds. The lowest BCUT2D eigenvalue weighted by Gasteiger charge is -2.00. The van der Waals surface area contributed by atoms with Crippen molar-refractivity contribution in [2.24, 2.45) is 0 Å². The Kier molecular flexibility index (Phi) is 2.83. The van der Waals surface area contributed by atoms with E-state index >= 15 is 0 Å².